The fraction of sp³-hybridized carbons (Fsp3) is 0.476. The normalized spacial score (nSPS) is 11.4. The molecule has 2 N–H and O–H groups in total. The maximum Gasteiger partial charge on any atom is 0.191 e. The monoisotopic (exact) mass is 389 g/mol. The largest absolute Gasteiger partial charge is 0.491 e. The zero-order chi connectivity index (χ0) is 19.9. The molecule has 0 saturated carbocycles. The van der Waals surface area contributed by atoms with Crippen molar-refractivity contribution in [2.24, 2.45) is 4.99 Å². The van der Waals surface area contributed by atoms with Crippen molar-refractivity contribution in [1.82, 2.24) is 10.6 Å². The zero-order valence-electron chi connectivity index (χ0n) is 16.8. The lowest BCUT2D eigenvalue weighted by molar-refractivity contribution is 0.105. The molecule has 0 aliphatic carbocycles. The lowest BCUT2D eigenvalue weighted by Crippen LogP contribution is -2.38. The number of furan rings is 1. The van der Waals surface area contributed by atoms with Gasteiger partial charge >= 0.3 is 0 Å². The summed E-state index contributed by atoms with van der Waals surface area (Å²) >= 11 is 0. The quantitative estimate of drug-likeness (QED) is 0.312. The number of methoxy groups -OCH3 is 1. The first-order valence-corrected chi connectivity index (χ1v) is 9.64. The minimum atomic E-state index is 0.504. The van der Waals surface area contributed by atoms with E-state index in [1.165, 1.54) is 0 Å². The second-order valence-electron chi connectivity index (χ2n) is 6.10. The maximum atomic E-state index is 5.65. The van der Waals surface area contributed by atoms with E-state index in [0.29, 0.717) is 33.0 Å². The molecule has 1 heterocycles. The van der Waals surface area contributed by atoms with Gasteiger partial charge in [-0.25, -0.2) is 4.99 Å². The van der Waals surface area contributed by atoms with E-state index in [9.17, 15) is 0 Å². The van der Waals surface area contributed by atoms with E-state index in [-0.39, 0.29) is 0 Å². The lowest BCUT2D eigenvalue weighted by atomic mass is 10.2. The Morgan fingerprint density at radius 3 is 2.82 bits per heavy atom. The van der Waals surface area contributed by atoms with Gasteiger partial charge in [0.25, 0.3) is 0 Å². The summed E-state index contributed by atoms with van der Waals surface area (Å²) in [7, 11) is 1.66. The van der Waals surface area contributed by atoms with Crippen molar-refractivity contribution in [2.45, 2.75) is 26.5 Å². The van der Waals surface area contributed by atoms with Gasteiger partial charge in [0.1, 0.15) is 24.7 Å². The fourth-order valence-corrected chi connectivity index (χ4v) is 2.44. The highest BCUT2D eigenvalue weighted by Crippen LogP contribution is 2.14. The average molecular weight is 389 g/mol. The molecule has 2 aromatic rings. The predicted octanol–water partition coefficient (Wildman–Crippen LogP) is 2.97. The van der Waals surface area contributed by atoms with Gasteiger partial charge in [-0.1, -0.05) is 12.1 Å². The lowest BCUT2D eigenvalue weighted by Gasteiger charge is -2.12. The summed E-state index contributed by atoms with van der Waals surface area (Å²) in [4.78, 5) is 4.64. The van der Waals surface area contributed by atoms with Gasteiger partial charge in [0.05, 0.1) is 19.4 Å². The molecule has 154 valence electrons. The van der Waals surface area contributed by atoms with Crippen LogP contribution in [0.4, 0.5) is 0 Å². The highest BCUT2D eigenvalue weighted by Gasteiger charge is 2.00. The Kier molecular flexibility index (Phi) is 10.6. The highest BCUT2D eigenvalue weighted by molar-refractivity contribution is 5.79. The molecule has 7 heteroatoms. The van der Waals surface area contributed by atoms with E-state index in [0.717, 1.165) is 42.5 Å². The molecule has 0 saturated heterocycles. The van der Waals surface area contributed by atoms with Crippen molar-refractivity contribution in [3.8, 4) is 5.75 Å². The van der Waals surface area contributed by atoms with Gasteiger partial charge in [-0.3, -0.25) is 0 Å². The molecular weight excluding hydrogens is 358 g/mol. The van der Waals surface area contributed by atoms with E-state index in [2.05, 4.69) is 15.6 Å². The molecule has 0 bridgehead atoms. The summed E-state index contributed by atoms with van der Waals surface area (Å²) in [6.07, 6.45) is 2.54. The Bertz CT molecular complexity index is 674. The van der Waals surface area contributed by atoms with Crippen molar-refractivity contribution in [1.29, 1.82) is 0 Å². The first-order chi connectivity index (χ1) is 13.8. The molecule has 0 radical (unpaired) electrons. The molecule has 1 aromatic carbocycles. The molecule has 1 aromatic heterocycles. The van der Waals surface area contributed by atoms with E-state index < -0.39 is 0 Å². The second-order valence-corrected chi connectivity index (χ2v) is 6.10. The molecule has 2 rings (SSSR count). The Hall–Kier alpha value is -2.51. The van der Waals surface area contributed by atoms with Gasteiger partial charge < -0.3 is 29.3 Å². The topological polar surface area (TPSA) is 77.3 Å². The average Bonchev–Trinajstić information content (AvgIpc) is 3.23. The summed E-state index contributed by atoms with van der Waals surface area (Å²) in [5, 5.41) is 6.59. The van der Waals surface area contributed by atoms with Crippen LogP contribution in [-0.2, 0) is 22.6 Å². The van der Waals surface area contributed by atoms with Crippen LogP contribution in [-0.4, -0.2) is 46.0 Å². The van der Waals surface area contributed by atoms with Crippen molar-refractivity contribution < 1.29 is 18.6 Å². The van der Waals surface area contributed by atoms with E-state index in [4.69, 9.17) is 18.6 Å². The Morgan fingerprint density at radius 2 is 2.04 bits per heavy atom. The number of hydrogen-bond donors (Lipinski definition) is 2. The fourth-order valence-electron chi connectivity index (χ4n) is 2.44. The highest BCUT2D eigenvalue weighted by atomic mass is 16.5. The molecule has 0 atom stereocenters. The van der Waals surface area contributed by atoms with Gasteiger partial charge in [-0.2, -0.15) is 0 Å². The van der Waals surface area contributed by atoms with Crippen LogP contribution in [0.3, 0.4) is 0 Å². The third-order valence-corrected chi connectivity index (χ3v) is 3.80. The summed E-state index contributed by atoms with van der Waals surface area (Å²) in [6, 6.07) is 11.7. The number of benzene rings is 1. The SMILES string of the molecule is CCNC(=NCc1cccc(OCCOC)c1)NCCCOCc1ccco1. The summed E-state index contributed by atoms with van der Waals surface area (Å²) in [5.74, 6) is 2.46. The van der Waals surface area contributed by atoms with E-state index in [1.54, 1.807) is 13.4 Å². The molecule has 0 aliphatic heterocycles. The van der Waals surface area contributed by atoms with Crippen LogP contribution in [0.15, 0.2) is 52.1 Å². The number of aliphatic imine (C=N–C) groups is 1. The van der Waals surface area contributed by atoms with Crippen molar-refractivity contribution in [3.05, 3.63) is 54.0 Å². The third-order valence-electron chi connectivity index (χ3n) is 3.80. The molecule has 0 unspecified atom stereocenters. The number of nitrogens with one attached hydrogen (secondary N) is 2. The number of hydrogen-bond acceptors (Lipinski definition) is 5. The Morgan fingerprint density at radius 1 is 1.11 bits per heavy atom. The number of ether oxygens (including phenoxy) is 3. The molecule has 28 heavy (non-hydrogen) atoms. The van der Waals surface area contributed by atoms with Crippen LogP contribution in [0.1, 0.15) is 24.7 Å². The van der Waals surface area contributed by atoms with E-state index >= 15 is 0 Å². The standard InChI is InChI=1S/C21H31N3O4/c1-3-22-21(23-10-6-11-26-17-20-9-5-12-27-20)24-16-18-7-4-8-19(15-18)28-14-13-25-2/h4-5,7-9,12,15H,3,6,10-11,13-14,16-17H2,1-2H3,(H2,22,23,24). The van der Waals surface area contributed by atoms with Gasteiger partial charge in [0, 0.05) is 26.8 Å². The Labute approximate surface area is 167 Å². The number of nitrogens with zero attached hydrogens (tertiary/aromatic N) is 1. The first-order valence-electron chi connectivity index (χ1n) is 9.64. The zero-order valence-corrected chi connectivity index (χ0v) is 16.8. The molecule has 0 aliphatic rings. The van der Waals surface area contributed by atoms with Crippen LogP contribution in [0.5, 0.6) is 5.75 Å². The Balaban J connectivity index is 1.71. The molecule has 7 nitrogen and oxygen atoms in total. The molecule has 0 spiro atoms. The molecular formula is C21H31N3O4. The summed E-state index contributed by atoms with van der Waals surface area (Å²) in [5.41, 5.74) is 1.09. The third kappa shape index (κ3) is 8.92. The van der Waals surface area contributed by atoms with Crippen molar-refractivity contribution >= 4 is 5.96 Å². The van der Waals surface area contributed by atoms with Crippen molar-refractivity contribution in [2.75, 3.05) is 40.0 Å². The van der Waals surface area contributed by atoms with Gasteiger partial charge in [0.15, 0.2) is 5.96 Å². The van der Waals surface area contributed by atoms with Crippen LogP contribution >= 0.6 is 0 Å². The molecule has 0 amide bonds. The predicted molar refractivity (Wildman–Crippen MR) is 110 cm³/mol. The van der Waals surface area contributed by atoms with Crippen molar-refractivity contribution in [3.63, 3.8) is 0 Å². The second kappa shape index (κ2) is 13.6. The maximum absolute atomic E-state index is 5.65. The van der Waals surface area contributed by atoms with Crippen LogP contribution in [0, 0.1) is 0 Å². The van der Waals surface area contributed by atoms with E-state index in [1.807, 2.05) is 43.3 Å². The minimum Gasteiger partial charge on any atom is -0.491 e. The van der Waals surface area contributed by atoms with Crippen LogP contribution in [0.25, 0.3) is 0 Å². The van der Waals surface area contributed by atoms with Gasteiger partial charge in [0.2, 0.25) is 0 Å². The van der Waals surface area contributed by atoms with Gasteiger partial charge in [-0.15, -0.1) is 0 Å². The first kappa shape index (κ1) is 21.8. The molecule has 0 fully saturated rings. The van der Waals surface area contributed by atoms with Crippen LogP contribution in [0.2, 0.25) is 0 Å². The summed E-state index contributed by atoms with van der Waals surface area (Å²) in [6.45, 7) is 6.49. The minimum absolute atomic E-state index is 0.504. The van der Waals surface area contributed by atoms with Crippen LogP contribution < -0.4 is 15.4 Å². The number of guanidine groups is 1. The van der Waals surface area contributed by atoms with Gasteiger partial charge in [-0.05, 0) is 43.2 Å². The summed E-state index contributed by atoms with van der Waals surface area (Å²) < 4.78 is 21.5. The smallest absolute Gasteiger partial charge is 0.191 e. The number of rotatable bonds is 13.